The van der Waals surface area contributed by atoms with Gasteiger partial charge in [-0.15, -0.1) is 0 Å². The standard InChI is InChI=1S/C14H19N3O3S/c1-11(14-15-8-9-16-14)17-21(19,20)13-6-4-12(5-7-13)3-2-10-18/h4-9,11,17-18H,2-3,10H2,1H3,(H,15,16). The van der Waals surface area contributed by atoms with E-state index in [2.05, 4.69) is 14.7 Å². The maximum Gasteiger partial charge on any atom is 0.241 e. The lowest BCUT2D eigenvalue weighted by Crippen LogP contribution is -2.27. The van der Waals surface area contributed by atoms with E-state index in [1.807, 2.05) is 0 Å². The maximum absolute atomic E-state index is 12.3. The first-order valence-electron chi connectivity index (χ1n) is 6.74. The van der Waals surface area contributed by atoms with Crippen LogP contribution < -0.4 is 4.72 Å². The summed E-state index contributed by atoms with van der Waals surface area (Å²) in [6.07, 6.45) is 4.62. The molecule has 21 heavy (non-hydrogen) atoms. The Morgan fingerprint density at radius 2 is 2.05 bits per heavy atom. The average Bonchev–Trinajstić information content (AvgIpc) is 2.99. The molecule has 1 aromatic heterocycles. The Bertz CT molecular complexity index is 651. The summed E-state index contributed by atoms with van der Waals surface area (Å²) in [5.41, 5.74) is 1.00. The van der Waals surface area contributed by atoms with E-state index in [0.717, 1.165) is 12.0 Å². The fourth-order valence-electron chi connectivity index (χ4n) is 1.99. The van der Waals surface area contributed by atoms with Crippen molar-refractivity contribution in [3.8, 4) is 0 Å². The van der Waals surface area contributed by atoms with Crippen molar-refractivity contribution in [3.05, 3.63) is 48.0 Å². The van der Waals surface area contributed by atoms with E-state index in [-0.39, 0.29) is 11.5 Å². The third-order valence-electron chi connectivity index (χ3n) is 3.12. The first-order chi connectivity index (χ1) is 10.0. The van der Waals surface area contributed by atoms with E-state index in [9.17, 15) is 8.42 Å². The highest BCUT2D eigenvalue weighted by Crippen LogP contribution is 2.15. The number of H-pyrrole nitrogens is 1. The Morgan fingerprint density at radius 1 is 1.33 bits per heavy atom. The predicted molar refractivity (Wildman–Crippen MR) is 79.2 cm³/mol. The second-order valence-corrected chi connectivity index (χ2v) is 6.50. The Balaban J connectivity index is 2.08. The molecule has 0 radical (unpaired) electrons. The highest BCUT2D eigenvalue weighted by Gasteiger charge is 2.19. The van der Waals surface area contributed by atoms with Crippen LogP contribution in [0.25, 0.3) is 0 Å². The van der Waals surface area contributed by atoms with Gasteiger partial charge in [0.15, 0.2) is 0 Å². The molecule has 0 saturated heterocycles. The van der Waals surface area contributed by atoms with Crippen LogP contribution >= 0.6 is 0 Å². The molecule has 1 aromatic carbocycles. The van der Waals surface area contributed by atoms with Gasteiger partial charge in [-0.3, -0.25) is 0 Å². The van der Waals surface area contributed by atoms with Gasteiger partial charge < -0.3 is 10.1 Å². The Kier molecular flexibility index (Phi) is 5.11. The molecule has 0 bridgehead atoms. The van der Waals surface area contributed by atoms with E-state index in [4.69, 9.17) is 5.11 Å². The largest absolute Gasteiger partial charge is 0.396 e. The molecule has 114 valence electrons. The second kappa shape index (κ2) is 6.84. The minimum absolute atomic E-state index is 0.127. The molecule has 0 fully saturated rings. The van der Waals surface area contributed by atoms with E-state index in [0.29, 0.717) is 12.2 Å². The molecule has 2 rings (SSSR count). The van der Waals surface area contributed by atoms with Crippen LogP contribution in [0.2, 0.25) is 0 Å². The van der Waals surface area contributed by atoms with Crippen molar-refractivity contribution in [2.75, 3.05) is 6.61 Å². The molecular weight excluding hydrogens is 290 g/mol. The lowest BCUT2D eigenvalue weighted by atomic mass is 10.1. The number of aromatic nitrogens is 2. The number of benzene rings is 1. The number of aliphatic hydroxyl groups excluding tert-OH is 1. The van der Waals surface area contributed by atoms with Crippen LogP contribution in [0.15, 0.2) is 41.6 Å². The summed E-state index contributed by atoms with van der Waals surface area (Å²) in [5, 5.41) is 8.79. The molecule has 2 aromatic rings. The number of imidazole rings is 1. The fourth-order valence-corrected chi connectivity index (χ4v) is 3.20. The van der Waals surface area contributed by atoms with Gasteiger partial charge in [-0.1, -0.05) is 12.1 Å². The van der Waals surface area contributed by atoms with Gasteiger partial charge >= 0.3 is 0 Å². The van der Waals surface area contributed by atoms with Crippen LogP contribution in [-0.2, 0) is 16.4 Å². The number of sulfonamides is 1. The molecule has 0 aliphatic heterocycles. The van der Waals surface area contributed by atoms with Crippen LogP contribution in [0.5, 0.6) is 0 Å². The highest BCUT2D eigenvalue weighted by atomic mass is 32.2. The molecule has 0 amide bonds. The summed E-state index contributed by atoms with van der Waals surface area (Å²) in [7, 11) is -3.58. The Morgan fingerprint density at radius 3 is 2.62 bits per heavy atom. The van der Waals surface area contributed by atoms with Gasteiger partial charge in [0, 0.05) is 19.0 Å². The summed E-state index contributed by atoms with van der Waals surface area (Å²) >= 11 is 0. The Hall–Kier alpha value is -1.70. The third kappa shape index (κ3) is 4.13. The molecule has 0 aliphatic rings. The van der Waals surface area contributed by atoms with E-state index < -0.39 is 16.1 Å². The van der Waals surface area contributed by atoms with Crippen LogP contribution in [0.3, 0.4) is 0 Å². The van der Waals surface area contributed by atoms with Gasteiger partial charge in [0.25, 0.3) is 0 Å². The van der Waals surface area contributed by atoms with Gasteiger partial charge in [-0.25, -0.2) is 18.1 Å². The fraction of sp³-hybridized carbons (Fsp3) is 0.357. The zero-order chi connectivity index (χ0) is 15.3. The summed E-state index contributed by atoms with van der Waals surface area (Å²) in [6.45, 7) is 1.86. The van der Waals surface area contributed by atoms with E-state index in [1.54, 1.807) is 43.6 Å². The minimum atomic E-state index is -3.58. The number of aryl methyl sites for hydroxylation is 1. The lowest BCUT2D eigenvalue weighted by molar-refractivity contribution is 0.288. The van der Waals surface area contributed by atoms with Crippen molar-refractivity contribution < 1.29 is 13.5 Å². The van der Waals surface area contributed by atoms with Gasteiger partial charge in [-0.05, 0) is 37.5 Å². The summed E-state index contributed by atoms with van der Waals surface area (Å²) in [5.74, 6) is 0.568. The molecule has 7 heteroatoms. The lowest BCUT2D eigenvalue weighted by Gasteiger charge is -2.12. The van der Waals surface area contributed by atoms with Gasteiger partial charge in [0.2, 0.25) is 10.0 Å². The molecule has 0 spiro atoms. The second-order valence-electron chi connectivity index (χ2n) is 4.79. The predicted octanol–water partition coefficient (Wildman–Crippen LogP) is 1.37. The number of nitrogens with one attached hydrogen (secondary N) is 2. The SMILES string of the molecule is CC(NS(=O)(=O)c1ccc(CCCO)cc1)c1ncc[nH]1. The maximum atomic E-state index is 12.3. The third-order valence-corrected chi connectivity index (χ3v) is 4.68. The molecule has 6 nitrogen and oxygen atoms in total. The van der Waals surface area contributed by atoms with Crippen LogP contribution in [0.1, 0.15) is 30.8 Å². The number of aliphatic hydroxyl groups is 1. The number of nitrogens with zero attached hydrogens (tertiary/aromatic N) is 1. The number of hydrogen-bond donors (Lipinski definition) is 3. The first-order valence-corrected chi connectivity index (χ1v) is 8.22. The molecule has 1 unspecified atom stereocenters. The summed E-state index contributed by atoms with van der Waals surface area (Å²) in [6, 6.07) is 6.25. The molecule has 0 saturated carbocycles. The topological polar surface area (TPSA) is 95.1 Å². The minimum Gasteiger partial charge on any atom is -0.396 e. The van der Waals surface area contributed by atoms with Crippen LogP contribution in [0.4, 0.5) is 0 Å². The van der Waals surface area contributed by atoms with Crippen molar-refractivity contribution in [3.63, 3.8) is 0 Å². The summed E-state index contributed by atoms with van der Waals surface area (Å²) < 4.78 is 27.1. The van der Waals surface area contributed by atoms with Crippen LogP contribution in [-0.4, -0.2) is 30.1 Å². The summed E-state index contributed by atoms with van der Waals surface area (Å²) in [4.78, 5) is 7.13. The molecular formula is C14H19N3O3S. The van der Waals surface area contributed by atoms with Gasteiger partial charge in [0.1, 0.15) is 5.82 Å². The van der Waals surface area contributed by atoms with Crippen molar-refractivity contribution in [1.29, 1.82) is 0 Å². The number of hydrogen-bond acceptors (Lipinski definition) is 4. The van der Waals surface area contributed by atoms with Gasteiger partial charge in [0.05, 0.1) is 10.9 Å². The van der Waals surface area contributed by atoms with Crippen molar-refractivity contribution in [2.24, 2.45) is 0 Å². The van der Waals surface area contributed by atoms with E-state index in [1.165, 1.54) is 0 Å². The zero-order valence-corrected chi connectivity index (χ0v) is 12.6. The number of aromatic amines is 1. The molecule has 0 aliphatic carbocycles. The molecule has 1 heterocycles. The number of rotatable bonds is 7. The molecule has 3 N–H and O–H groups in total. The van der Waals surface area contributed by atoms with Gasteiger partial charge in [-0.2, -0.15) is 0 Å². The monoisotopic (exact) mass is 309 g/mol. The van der Waals surface area contributed by atoms with Crippen molar-refractivity contribution in [1.82, 2.24) is 14.7 Å². The normalized spacial score (nSPS) is 13.2. The van der Waals surface area contributed by atoms with E-state index >= 15 is 0 Å². The van der Waals surface area contributed by atoms with Crippen molar-refractivity contribution in [2.45, 2.75) is 30.7 Å². The first kappa shape index (κ1) is 15.7. The highest BCUT2D eigenvalue weighted by molar-refractivity contribution is 7.89. The quantitative estimate of drug-likeness (QED) is 0.720. The zero-order valence-electron chi connectivity index (χ0n) is 11.8. The Labute approximate surface area is 124 Å². The average molecular weight is 309 g/mol. The smallest absolute Gasteiger partial charge is 0.241 e. The van der Waals surface area contributed by atoms with Crippen molar-refractivity contribution >= 4 is 10.0 Å². The molecule has 1 atom stereocenters. The van der Waals surface area contributed by atoms with Crippen LogP contribution in [0, 0.1) is 0 Å².